The number of nitrogens with zero attached hydrogens (tertiary/aromatic N) is 8. The number of hydrogen-bond acceptors (Lipinski definition) is 17. The van der Waals surface area contributed by atoms with Crippen LogP contribution in [0.15, 0.2) is 25.3 Å². The molecule has 23 heteroatoms. The summed E-state index contributed by atoms with van der Waals surface area (Å²) in [6, 6.07) is 0.0857. The number of aliphatic hydroxyl groups is 2. The number of nitrogens with two attached hydrogens (primary N) is 1. The highest BCUT2D eigenvalue weighted by Crippen LogP contribution is 2.50. The van der Waals surface area contributed by atoms with E-state index < -0.39 is 64.0 Å². The topological polar surface area (TPSA) is 229 Å². The van der Waals surface area contributed by atoms with Crippen molar-refractivity contribution in [3.05, 3.63) is 25.3 Å². The highest BCUT2D eigenvalue weighted by Gasteiger charge is 2.50. The number of aliphatic hydroxyl groups excluding tert-OH is 2. The van der Waals surface area contributed by atoms with Gasteiger partial charge in [0, 0.05) is 6.04 Å². The monoisotopic (exact) mass is 719 g/mol. The molecular weight excluding hydrogens is 689 g/mol. The quantitative estimate of drug-likeness (QED) is 0.0910. The van der Waals surface area contributed by atoms with Crippen molar-refractivity contribution >= 4 is 73.3 Å². The predicted molar refractivity (Wildman–Crippen MR) is 168 cm³/mol. The first-order chi connectivity index (χ1) is 22.0. The lowest BCUT2D eigenvalue weighted by atomic mass is 10.1. The minimum absolute atomic E-state index is 0.0857. The number of ether oxygens (including phenoxy) is 2. The summed E-state index contributed by atoms with van der Waals surface area (Å²) in [6.07, 6.45) is -4.91. The average Bonchev–Trinajstić information content (AvgIpc) is 3.77. The molecule has 6 heterocycles. The molecule has 18 nitrogen and oxygen atoms in total. The molecule has 0 radical (unpaired) electrons. The summed E-state index contributed by atoms with van der Waals surface area (Å²) in [5.41, 5.74) is 7.20. The highest BCUT2D eigenvalue weighted by atomic mass is 32.7. The van der Waals surface area contributed by atoms with E-state index in [9.17, 15) is 14.8 Å². The zero-order chi connectivity index (χ0) is 32.7. The van der Waals surface area contributed by atoms with Gasteiger partial charge in [-0.1, -0.05) is 12.2 Å². The second-order valence-corrected chi connectivity index (χ2v) is 14.3. The Hall–Kier alpha value is -2.42. The lowest BCUT2D eigenvalue weighted by Gasteiger charge is -2.23. The summed E-state index contributed by atoms with van der Waals surface area (Å²) in [5, 5.41) is 24.8. The number of nitrogen functional groups attached to an aromatic ring is 1. The number of fused-ring (bicyclic) bond motifs is 2. The van der Waals surface area contributed by atoms with Crippen molar-refractivity contribution in [1.29, 1.82) is 0 Å². The fourth-order valence-electron chi connectivity index (χ4n) is 5.16. The number of hydrogen-bond donors (Lipinski definition) is 6. The number of anilines is 2. The molecule has 2 aliphatic heterocycles. The Kier molecular flexibility index (Phi) is 10.2. The zero-order valence-corrected chi connectivity index (χ0v) is 27.7. The molecule has 2 unspecified atom stereocenters. The average molecular weight is 720 g/mol. The normalized spacial score (nSPS) is 29.3. The van der Waals surface area contributed by atoms with Gasteiger partial charge in [0.15, 0.2) is 47.1 Å². The number of alkyl halides is 1. The molecule has 248 valence electrons. The number of halogens is 1. The van der Waals surface area contributed by atoms with Crippen LogP contribution in [0.2, 0.25) is 0 Å². The van der Waals surface area contributed by atoms with Gasteiger partial charge in [0.25, 0.3) is 0 Å². The summed E-state index contributed by atoms with van der Waals surface area (Å²) >= 11 is 8.10. The number of rotatable bonds is 12. The largest absolute Gasteiger partial charge is 0.582 e. The van der Waals surface area contributed by atoms with Crippen LogP contribution in [0, 0.1) is 0 Å². The molecule has 0 aromatic carbocycles. The van der Waals surface area contributed by atoms with Crippen LogP contribution >= 0.6 is 39.3 Å². The Morgan fingerprint density at radius 2 is 1.67 bits per heavy atom. The van der Waals surface area contributed by atoms with Gasteiger partial charge >= 0.3 is 7.23 Å². The fraction of sp³-hybridized carbons (Fsp3) is 0.565. The van der Waals surface area contributed by atoms with Crippen molar-refractivity contribution in [3.8, 4) is 0 Å². The van der Waals surface area contributed by atoms with Crippen LogP contribution in [0.25, 0.3) is 22.3 Å². The second kappa shape index (κ2) is 14.0. The van der Waals surface area contributed by atoms with E-state index in [2.05, 4.69) is 59.7 Å². The third-order valence-corrected chi connectivity index (χ3v) is 9.37. The van der Waals surface area contributed by atoms with Crippen molar-refractivity contribution in [1.82, 2.24) is 39.0 Å². The van der Waals surface area contributed by atoms with Crippen molar-refractivity contribution < 1.29 is 42.2 Å². The molecule has 46 heavy (non-hydrogen) atoms. The molecule has 0 aliphatic carbocycles. The first kappa shape index (κ1) is 33.5. The third kappa shape index (κ3) is 6.64. The minimum atomic E-state index is -2.32. The summed E-state index contributed by atoms with van der Waals surface area (Å²) in [7, 11) is -4.42. The van der Waals surface area contributed by atoms with Gasteiger partial charge in [-0.3, -0.25) is 9.13 Å². The Morgan fingerprint density at radius 1 is 1.02 bits per heavy atom. The van der Waals surface area contributed by atoms with E-state index in [1.54, 1.807) is 0 Å². The third-order valence-electron chi connectivity index (χ3n) is 7.23. The van der Waals surface area contributed by atoms with Crippen LogP contribution in [0.5, 0.6) is 0 Å². The van der Waals surface area contributed by atoms with Gasteiger partial charge in [-0.15, -0.1) is 4.52 Å². The van der Waals surface area contributed by atoms with Crippen LogP contribution in [0.4, 0.5) is 16.0 Å². The molecule has 10 atom stereocenters. The number of imidazole rings is 2. The molecule has 0 amide bonds. The molecular formula is C23H30FN10O8P2S2+. The zero-order valence-electron chi connectivity index (χ0n) is 24.1. The molecule has 5 N–H and O–H groups in total. The molecule has 0 spiro atoms. The van der Waals surface area contributed by atoms with E-state index >= 15 is 4.39 Å². The van der Waals surface area contributed by atoms with E-state index in [-0.39, 0.29) is 36.2 Å². The van der Waals surface area contributed by atoms with Crippen molar-refractivity contribution in [2.45, 2.75) is 69.0 Å². The Bertz CT molecular complexity index is 1710. The van der Waals surface area contributed by atoms with Crippen LogP contribution in [0.1, 0.15) is 26.3 Å². The van der Waals surface area contributed by atoms with Gasteiger partial charge in [-0.2, -0.15) is 0 Å². The summed E-state index contributed by atoms with van der Waals surface area (Å²) in [4.78, 5) is 25.0. The molecule has 0 saturated carbocycles. The van der Waals surface area contributed by atoms with Crippen molar-refractivity contribution in [2.24, 2.45) is 0 Å². The number of thiol groups is 2. The summed E-state index contributed by atoms with van der Waals surface area (Å²) in [5.74, 6) is 0.618. The second-order valence-electron chi connectivity index (χ2n) is 10.6. The van der Waals surface area contributed by atoms with Crippen LogP contribution in [0.3, 0.4) is 0 Å². The Balaban J connectivity index is 1.12. The molecule has 2 aliphatic rings. The van der Waals surface area contributed by atoms with Crippen molar-refractivity contribution in [3.63, 3.8) is 0 Å². The SMILES string of the molecule is CC(C)Nc1ncnc2c1ncn2[C@@H]1O[C@H](COP(S)O[C@H]2[C@@H](F)[C@H](n3cnc4c(N)ncnc43)O[C@@H]2CO[P+](=O)S)[C@@H](O)[C@H]1O. The van der Waals surface area contributed by atoms with E-state index in [1.165, 1.54) is 34.4 Å². The van der Waals surface area contributed by atoms with Gasteiger partial charge in [0.2, 0.25) is 7.58 Å². The van der Waals surface area contributed by atoms with Crippen molar-refractivity contribution in [2.75, 3.05) is 24.3 Å². The maximum Gasteiger partial charge on any atom is 0.582 e. The smallest absolute Gasteiger partial charge is 0.387 e. The van der Waals surface area contributed by atoms with Gasteiger partial charge in [-0.25, -0.2) is 34.3 Å². The van der Waals surface area contributed by atoms with Gasteiger partial charge in [0.05, 0.1) is 19.3 Å². The lowest BCUT2D eigenvalue weighted by molar-refractivity contribution is -0.0494. The van der Waals surface area contributed by atoms with Gasteiger partial charge in [0.1, 0.15) is 67.5 Å². The molecule has 0 bridgehead atoms. The van der Waals surface area contributed by atoms with Crippen LogP contribution in [-0.2, 0) is 27.6 Å². The maximum atomic E-state index is 15.9. The van der Waals surface area contributed by atoms with Gasteiger partial charge in [-0.05, 0) is 18.4 Å². The van der Waals surface area contributed by atoms with E-state index in [1.807, 2.05) is 13.8 Å². The first-order valence-corrected chi connectivity index (χ1v) is 18.5. The summed E-state index contributed by atoms with van der Waals surface area (Å²) in [6.45, 7) is 3.31. The molecule has 4 aromatic rings. The minimum Gasteiger partial charge on any atom is -0.387 e. The Morgan fingerprint density at radius 3 is 2.39 bits per heavy atom. The first-order valence-electron chi connectivity index (χ1n) is 13.8. The van der Waals surface area contributed by atoms with E-state index in [4.69, 9.17) is 28.8 Å². The highest BCUT2D eigenvalue weighted by molar-refractivity contribution is 8.42. The number of aromatic nitrogens is 8. The van der Waals surface area contributed by atoms with E-state index in [0.717, 1.165) is 0 Å². The van der Waals surface area contributed by atoms with E-state index in [0.29, 0.717) is 17.0 Å². The van der Waals surface area contributed by atoms with Crippen LogP contribution < -0.4 is 11.1 Å². The Labute approximate surface area is 272 Å². The standard InChI is InChI=1S/C23H29FN10O8P2S2/c1-9(2)32-19-14-21(29-6-27-19)34(8-31-14)23-16(36)15(35)10(40-23)3-39-44(46)42-17-11(4-38-43(37)45)41-22(12(17)24)33-7-30-13-18(25)26-5-28-20(13)33/h5-12,15-17,22-23,35-36,46H,3-4H2,1-2H3,(H3-,25,26,27,28,29,32,37,45)/p+1/t10-,11-,12-,15-,16-,17-,22-,23-,44?/m1/s1. The van der Waals surface area contributed by atoms with Crippen LogP contribution in [-0.4, -0.2) is 105 Å². The summed E-state index contributed by atoms with van der Waals surface area (Å²) < 4.78 is 58.8. The predicted octanol–water partition coefficient (Wildman–Crippen LogP) is 2.09. The molecule has 2 saturated heterocycles. The molecule has 4 aromatic heterocycles. The van der Waals surface area contributed by atoms with Gasteiger partial charge < -0.3 is 39.8 Å². The molecule has 6 rings (SSSR count). The molecule has 2 fully saturated rings. The lowest BCUT2D eigenvalue weighted by Crippen LogP contribution is -2.34. The fourth-order valence-corrected chi connectivity index (χ4v) is 6.95. The maximum absolute atomic E-state index is 15.9. The number of nitrogens with one attached hydrogen (secondary N) is 1.